The molecule has 0 aromatic carbocycles. The first-order valence-electron chi connectivity index (χ1n) is 5.52. The van der Waals surface area contributed by atoms with Gasteiger partial charge in [-0.15, -0.1) is 0 Å². The van der Waals surface area contributed by atoms with Gasteiger partial charge < -0.3 is 5.73 Å². The maximum Gasteiger partial charge on any atom is 0.157 e. The minimum absolute atomic E-state index is 0.568. The molecule has 0 bridgehead atoms. The molecule has 0 amide bonds. The fraction of sp³-hybridized carbons (Fsp3) is 0.0769. The first-order valence-corrected chi connectivity index (χ1v) is 5.89. The number of nitrogens with two attached hydrogens (primary N) is 1. The van der Waals surface area contributed by atoms with Gasteiger partial charge in [-0.3, -0.25) is 9.38 Å². The number of pyridine rings is 2. The maximum atomic E-state index is 6.10. The van der Waals surface area contributed by atoms with E-state index < -0.39 is 0 Å². The van der Waals surface area contributed by atoms with Gasteiger partial charge in [0.15, 0.2) is 5.65 Å². The lowest BCUT2D eigenvalue weighted by Gasteiger charge is -1.99. The Bertz CT molecular complexity index is 716. The average Bonchev–Trinajstić information content (AvgIpc) is 2.70. The van der Waals surface area contributed by atoms with E-state index >= 15 is 0 Å². The first kappa shape index (κ1) is 11.0. The topological polar surface area (TPSA) is 56.2 Å². The average molecular weight is 259 g/mol. The van der Waals surface area contributed by atoms with Crippen LogP contribution in [-0.4, -0.2) is 14.4 Å². The van der Waals surface area contributed by atoms with Gasteiger partial charge in [0.05, 0.1) is 5.02 Å². The van der Waals surface area contributed by atoms with Crippen LogP contribution >= 0.6 is 11.6 Å². The zero-order valence-corrected chi connectivity index (χ0v) is 10.5. The van der Waals surface area contributed by atoms with Crippen LogP contribution in [0.25, 0.3) is 16.9 Å². The van der Waals surface area contributed by atoms with Gasteiger partial charge in [0.25, 0.3) is 0 Å². The van der Waals surface area contributed by atoms with Crippen LogP contribution in [0.5, 0.6) is 0 Å². The lowest BCUT2D eigenvalue weighted by Crippen LogP contribution is -1.94. The summed E-state index contributed by atoms with van der Waals surface area (Å²) in [4.78, 5) is 8.73. The number of nitrogens with zero attached hydrogens (tertiary/aromatic N) is 3. The monoisotopic (exact) mass is 258 g/mol. The number of aryl methyl sites for hydroxylation is 1. The third-order valence-corrected chi connectivity index (χ3v) is 3.12. The van der Waals surface area contributed by atoms with E-state index in [-0.39, 0.29) is 0 Å². The summed E-state index contributed by atoms with van der Waals surface area (Å²) >= 11 is 6.10. The van der Waals surface area contributed by atoms with E-state index in [0.717, 1.165) is 11.3 Å². The summed E-state index contributed by atoms with van der Waals surface area (Å²) in [5.41, 5.74) is 9.30. The fourth-order valence-electron chi connectivity index (χ4n) is 1.87. The molecule has 0 spiro atoms. The molecule has 5 heteroatoms. The predicted molar refractivity (Wildman–Crippen MR) is 72.6 cm³/mol. The van der Waals surface area contributed by atoms with Crippen molar-refractivity contribution < 1.29 is 0 Å². The highest BCUT2D eigenvalue weighted by Crippen LogP contribution is 2.28. The SMILES string of the molecule is Cc1ccc(-c2nc3c(Cl)cccn3c2N)cn1. The minimum Gasteiger partial charge on any atom is -0.383 e. The van der Waals surface area contributed by atoms with Crippen LogP contribution < -0.4 is 5.73 Å². The van der Waals surface area contributed by atoms with Gasteiger partial charge in [0.2, 0.25) is 0 Å². The van der Waals surface area contributed by atoms with E-state index in [2.05, 4.69) is 9.97 Å². The summed E-state index contributed by atoms with van der Waals surface area (Å²) in [6.45, 7) is 1.94. The molecule has 0 saturated heterocycles. The fourth-order valence-corrected chi connectivity index (χ4v) is 2.08. The van der Waals surface area contributed by atoms with Crippen LogP contribution in [0, 0.1) is 6.92 Å². The van der Waals surface area contributed by atoms with E-state index in [1.165, 1.54) is 0 Å². The van der Waals surface area contributed by atoms with E-state index in [1.54, 1.807) is 16.7 Å². The highest BCUT2D eigenvalue weighted by Gasteiger charge is 2.13. The Morgan fingerprint density at radius 2 is 2.11 bits per heavy atom. The van der Waals surface area contributed by atoms with Crippen LogP contribution in [0.2, 0.25) is 5.02 Å². The van der Waals surface area contributed by atoms with Crippen molar-refractivity contribution in [1.82, 2.24) is 14.4 Å². The van der Waals surface area contributed by atoms with Crippen molar-refractivity contribution in [3.63, 3.8) is 0 Å². The number of fused-ring (bicyclic) bond motifs is 1. The van der Waals surface area contributed by atoms with Gasteiger partial charge in [-0.2, -0.15) is 0 Å². The maximum absolute atomic E-state index is 6.10. The zero-order chi connectivity index (χ0) is 12.7. The summed E-state index contributed by atoms with van der Waals surface area (Å²) in [6, 6.07) is 7.51. The highest BCUT2D eigenvalue weighted by atomic mass is 35.5. The second-order valence-electron chi connectivity index (χ2n) is 4.08. The van der Waals surface area contributed by atoms with E-state index in [1.807, 2.05) is 31.3 Å². The molecule has 0 radical (unpaired) electrons. The van der Waals surface area contributed by atoms with Gasteiger partial charge >= 0.3 is 0 Å². The molecule has 0 atom stereocenters. The molecule has 0 aliphatic heterocycles. The molecule has 0 saturated carbocycles. The van der Waals surface area contributed by atoms with E-state index in [4.69, 9.17) is 17.3 Å². The van der Waals surface area contributed by atoms with E-state index in [9.17, 15) is 0 Å². The molecule has 0 aliphatic rings. The smallest absolute Gasteiger partial charge is 0.157 e. The van der Waals surface area contributed by atoms with Gasteiger partial charge in [0, 0.05) is 23.7 Å². The van der Waals surface area contributed by atoms with Crippen LogP contribution in [0.3, 0.4) is 0 Å². The van der Waals surface area contributed by atoms with Crippen molar-refractivity contribution in [2.75, 3.05) is 5.73 Å². The Hall–Kier alpha value is -2.07. The Labute approximate surface area is 109 Å². The van der Waals surface area contributed by atoms with Gasteiger partial charge in [-0.05, 0) is 31.2 Å². The van der Waals surface area contributed by atoms with Crippen molar-refractivity contribution in [3.8, 4) is 11.3 Å². The summed E-state index contributed by atoms with van der Waals surface area (Å²) in [6.07, 6.45) is 3.61. The Kier molecular flexibility index (Phi) is 2.45. The predicted octanol–water partition coefficient (Wildman–Crippen LogP) is 2.94. The molecular formula is C13H11ClN4. The standard InChI is InChI=1S/C13H11ClN4/c1-8-4-5-9(7-16-8)11-12(15)18-6-2-3-10(14)13(18)17-11/h2-7H,15H2,1H3. The van der Waals surface area contributed by atoms with Crippen LogP contribution in [0.4, 0.5) is 5.82 Å². The van der Waals surface area contributed by atoms with Crippen molar-refractivity contribution in [3.05, 3.63) is 47.4 Å². The van der Waals surface area contributed by atoms with Crippen molar-refractivity contribution in [1.29, 1.82) is 0 Å². The first-order chi connectivity index (χ1) is 8.66. The molecule has 0 fully saturated rings. The second kappa shape index (κ2) is 3.99. The largest absolute Gasteiger partial charge is 0.383 e. The van der Waals surface area contributed by atoms with Crippen LogP contribution in [0.15, 0.2) is 36.7 Å². The number of hydrogen-bond donors (Lipinski definition) is 1. The summed E-state index contributed by atoms with van der Waals surface area (Å²) in [5.74, 6) is 0.568. The third-order valence-electron chi connectivity index (χ3n) is 2.82. The quantitative estimate of drug-likeness (QED) is 0.730. The Balaban J connectivity index is 2.27. The molecule has 2 N–H and O–H groups in total. The van der Waals surface area contributed by atoms with Gasteiger partial charge in [-0.25, -0.2) is 4.98 Å². The highest BCUT2D eigenvalue weighted by molar-refractivity contribution is 6.33. The molecule has 3 aromatic heterocycles. The second-order valence-corrected chi connectivity index (χ2v) is 4.49. The molecular weight excluding hydrogens is 248 g/mol. The molecule has 90 valence electrons. The molecule has 3 heterocycles. The molecule has 0 aliphatic carbocycles. The normalized spacial score (nSPS) is 11.0. The molecule has 4 nitrogen and oxygen atoms in total. The molecule has 3 rings (SSSR count). The van der Waals surface area contributed by atoms with Crippen molar-refractivity contribution in [2.24, 2.45) is 0 Å². The minimum atomic E-state index is 0.568. The van der Waals surface area contributed by atoms with Crippen LogP contribution in [0.1, 0.15) is 5.69 Å². The molecule has 18 heavy (non-hydrogen) atoms. The number of halogens is 1. The lowest BCUT2D eigenvalue weighted by atomic mass is 10.2. The summed E-state index contributed by atoms with van der Waals surface area (Å²) < 4.78 is 1.78. The molecule has 3 aromatic rings. The number of imidazole rings is 1. The number of hydrogen-bond acceptors (Lipinski definition) is 3. The van der Waals surface area contributed by atoms with Gasteiger partial charge in [-0.1, -0.05) is 11.6 Å². The number of rotatable bonds is 1. The van der Waals surface area contributed by atoms with E-state index in [0.29, 0.717) is 22.2 Å². The number of nitrogen functional groups attached to an aromatic ring is 1. The third kappa shape index (κ3) is 1.62. The van der Waals surface area contributed by atoms with Crippen LogP contribution in [-0.2, 0) is 0 Å². The number of aromatic nitrogens is 3. The Morgan fingerprint density at radius 3 is 2.78 bits per heavy atom. The summed E-state index contributed by atoms with van der Waals surface area (Å²) in [7, 11) is 0. The molecule has 0 unspecified atom stereocenters. The zero-order valence-electron chi connectivity index (χ0n) is 9.76. The lowest BCUT2D eigenvalue weighted by molar-refractivity contribution is 1.19. The van der Waals surface area contributed by atoms with Gasteiger partial charge in [0.1, 0.15) is 11.5 Å². The summed E-state index contributed by atoms with van der Waals surface area (Å²) in [5, 5.41) is 0.579. The van der Waals surface area contributed by atoms with Crippen molar-refractivity contribution in [2.45, 2.75) is 6.92 Å². The van der Waals surface area contributed by atoms with Crippen molar-refractivity contribution >= 4 is 23.1 Å². The Morgan fingerprint density at radius 1 is 1.28 bits per heavy atom. The number of anilines is 1.